The first-order valence-corrected chi connectivity index (χ1v) is 29.0. The Hall–Kier alpha value is -0.280. The molecule has 0 amide bonds. The largest absolute Gasteiger partial charge is 1.00 e. The molecule has 0 aliphatic carbocycles. The smallest absolute Gasteiger partial charge is 0.114 e. The first kappa shape index (κ1) is 65.8. The Morgan fingerprint density at radius 3 is 0.859 bits per heavy atom. The Labute approximate surface area is 417 Å². The molecule has 0 aliphatic rings. The third kappa shape index (κ3) is 40.8. The van der Waals surface area contributed by atoms with Gasteiger partial charge in [-0.1, -0.05) is 283 Å². The Morgan fingerprint density at radius 1 is 0.312 bits per heavy atom. The first-order valence-electron chi connectivity index (χ1n) is 29.0. The number of rotatable bonds is 49. The number of unbranched alkanes of at least 4 members (excludes halogenated alkanes) is 39. The van der Waals surface area contributed by atoms with Gasteiger partial charge in [0.25, 0.3) is 0 Å². The van der Waals surface area contributed by atoms with E-state index in [1.165, 1.54) is 295 Å². The molecule has 4 heteroatoms. The lowest BCUT2D eigenvalue weighted by molar-refractivity contribution is -0.921. The second kappa shape index (κ2) is 47.8. The fourth-order valence-corrected chi connectivity index (χ4v) is 10.5. The van der Waals surface area contributed by atoms with Crippen molar-refractivity contribution >= 4 is 0 Å². The lowest BCUT2D eigenvalue weighted by Gasteiger charge is -2.39. The molecule has 2 nitrogen and oxygen atoms in total. The number of quaternary nitrogens is 2. The van der Waals surface area contributed by atoms with Crippen LogP contribution in [0.3, 0.4) is 0 Å². The van der Waals surface area contributed by atoms with Crippen LogP contribution in [-0.4, -0.2) is 50.2 Å². The molecular formula is C60H118Cl2N2. The summed E-state index contributed by atoms with van der Waals surface area (Å²) in [5.41, 5.74) is 3.12. The van der Waals surface area contributed by atoms with Crippen molar-refractivity contribution in [3.8, 4) is 0 Å². The third-order valence-corrected chi connectivity index (χ3v) is 14.9. The highest BCUT2D eigenvalue weighted by molar-refractivity contribution is 5.24. The van der Waals surface area contributed by atoms with Crippen LogP contribution in [-0.2, 0) is 6.54 Å². The van der Waals surface area contributed by atoms with Gasteiger partial charge in [-0.25, -0.2) is 0 Å². The molecule has 0 heterocycles. The van der Waals surface area contributed by atoms with E-state index in [4.69, 9.17) is 0 Å². The maximum absolute atomic E-state index is 2.55. The van der Waals surface area contributed by atoms with Crippen LogP contribution < -0.4 is 24.8 Å². The van der Waals surface area contributed by atoms with Gasteiger partial charge in [0.2, 0.25) is 0 Å². The summed E-state index contributed by atoms with van der Waals surface area (Å²) in [4.78, 5) is 0. The van der Waals surface area contributed by atoms with E-state index in [1.54, 1.807) is 5.56 Å². The predicted octanol–water partition coefficient (Wildman–Crippen LogP) is 14.2. The van der Waals surface area contributed by atoms with E-state index in [2.05, 4.69) is 73.2 Å². The fraction of sp³-hybridized carbons (Fsp3) is 0.900. The summed E-state index contributed by atoms with van der Waals surface area (Å²) < 4.78 is 2.26. The fourth-order valence-electron chi connectivity index (χ4n) is 10.5. The van der Waals surface area contributed by atoms with Crippen LogP contribution >= 0.6 is 0 Å². The third-order valence-electron chi connectivity index (χ3n) is 14.9. The van der Waals surface area contributed by atoms with E-state index in [1.807, 2.05) is 0 Å². The molecule has 0 saturated carbocycles. The normalized spacial score (nSPS) is 12.4. The number of benzene rings is 1. The minimum absolute atomic E-state index is 0. The average molecular weight is 939 g/mol. The van der Waals surface area contributed by atoms with Crippen LogP contribution in [0.25, 0.3) is 0 Å². The van der Waals surface area contributed by atoms with E-state index < -0.39 is 0 Å². The Kier molecular flexibility index (Phi) is 49.1. The average Bonchev–Trinajstić information content (AvgIpc) is 3.25. The molecule has 0 saturated heterocycles. The minimum atomic E-state index is 0. The zero-order valence-corrected chi connectivity index (χ0v) is 46.6. The Morgan fingerprint density at radius 2 is 0.562 bits per heavy atom. The van der Waals surface area contributed by atoms with Crippen LogP contribution in [0.4, 0.5) is 0 Å². The second-order valence-electron chi connectivity index (χ2n) is 22.2. The van der Waals surface area contributed by atoms with Crippen LogP contribution in [0, 0.1) is 0 Å². The lowest BCUT2D eigenvalue weighted by atomic mass is 9.95. The summed E-state index contributed by atoms with van der Waals surface area (Å²) in [6, 6.07) is 10.7. The first-order chi connectivity index (χ1) is 30.3. The van der Waals surface area contributed by atoms with Crippen molar-refractivity contribution in [2.45, 2.75) is 309 Å². The molecule has 0 N–H and O–H groups in total. The van der Waals surface area contributed by atoms with Gasteiger partial charge in [-0.3, -0.25) is 0 Å². The molecule has 0 radical (unpaired) electrons. The van der Waals surface area contributed by atoms with Gasteiger partial charge in [-0.2, -0.15) is 0 Å². The van der Waals surface area contributed by atoms with Crippen LogP contribution in [0.1, 0.15) is 314 Å². The van der Waals surface area contributed by atoms with Crippen molar-refractivity contribution in [1.82, 2.24) is 0 Å². The van der Waals surface area contributed by atoms with Gasteiger partial charge >= 0.3 is 0 Å². The maximum Gasteiger partial charge on any atom is 0.114 e. The SMILES string of the molecule is CCCCCCCCCCCCCCCCCC[N+](C)(C)Cc1ccc(C(CCCCCCCCCCCC)[N+](C)(C)CCCCCCCCCCCCCCCCCC)cc1.[Cl-].[Cl-]. The quantitative estimate of drug-likeness (QED) is 0.0451. The molecule has 0 spiro atoms. The molecule has 0 aliphatic heterocycles. The predicted molar refractivity (Wildman–Crippen MR) is 282 cm³/mol. The molecule has 1 unspecified atom stereocenters. The van der Waals surface area contributed by atoms with Gasteiger partial charge in [0, 0.05) is 17.5 Å². The molecule has 0 bridgehead atoms. The highest BCUT2D eigenvalue weighted by atomic mass is 35.5. The van der Waals surface area contributed by atoms with E-state index in [9.17, 15) is 0 Å². The summed E-state index contributed by atoms with van der Waals surface area (Å²) >= 11 is 0. The van der Waals surface area contributed by atoms with Crippen molar-refractivity contribution in [2.24, 2.45) is 0 Å². The summed E-state index contributed by atoms with van der Waals surface area (Å²) in [7, 11) is 10.0. The van der Waals surface area contributed by atoms with Crippen molar-refractivity contribution in [2.75, 3.05) is 41.3 Å². The summed E-state index contributed by atoms with van der Waals surface area (Å²) in [6.07, 6.45) is 61.8. The van der Waals surface area contributed by atoms with E-state index >= 15 is 0 Å². The second-order valence-corrected chi connectivity index (χ2v) is 22.2. The summed E-state index contributed by atoms with van der Waals surface area (Å²) in [6.45, 7) is 10.7. The van der Waals surface area contributed by atoms with Crippen molar-refractivity contribution in [1.29, 1.82) is 0 Å². The van der Waals surface area contributed by atoms with Gasteiger partial charge in [0.05, 0.1) is 41.3 Å². The molecule has 1 atom stereocenters. The topological polar surface area (TPSA) is 0 Å². The van der Waals surface area contributed by atoms with Gasteiger partial charge in [-0.15, -0.1) is 0 Å². The molecule has 1 aromatic carbocycles. The molecule has 1 rings (SSSR count). The highest BCUT2D eigenvalue weighted by Crippen LogP contribution is 2.32. The van der Waals surface area contributed by atoms with E-state index in [0.717, 1.165) is 15.5 Å². The Bertz CT molecular complexity index is 1040. The number of nitrogens with zero attached hydrogens (tertiary/aromatic N) is 2. The van der Waals surface area contributed by atoms with Gasteiger partial charge in [0.1, 0.15) is 12.6 Å². The zero-order chi connectivity index (χ0) is 45.1. The standard InChI is InChI=1S/C60H118N2.2ClH/c1-8-11-14-17-20-23-26-28-30-32-34-36-39-42-45-48-55-61(4,5)57-58-51-53-59(54-52-58)60(50-47-44-41-38-25-22-19-16-13-10-3)62(6,7)56-49-46-43-40-37-35-33-31-29-27-24-21-18-15-12-9-2;;/h51-54,60H,8-50,55-57H2,1-7H3;2*1H/q+2;;/p-2. The molecule has 64 heavy (non-hydrogen) atoms. The zero-order valence-electron chi connectivity index (χ0n) is 45.1. The molecule has 0 fully saturated rings. The minimum Gasteiger partial charge on any atom is -1.00 e. The van der Waals surface area contributed by atoms with E-state index in [0.29, 0.717) is 6.04 Å². The maximum atomic E-state index is 2.55. The Balaban J connectivity index is 0. The monoisotopic (exact) mass is 937 g/mol. The van der Waals surface area contributed by atoms with Crippen LogP contribution in [0.2, 0.25) is 0 Å². The number of halogens is 2. The molecular weight excluding hydrogens is 820 g/mol. The van der Waals surface area contributed by atoms with Gasteiger partial charge < -0.3 is 33.8 Å². The van der Waals surface area contributed by atoms with Crippen molar-refractivity contribution < 1.29 is 33.8 Å². The number of hydrogen-bond donors (Lipinski definition) is 0. The van der Waals surface area contributed by atoms with E-state index in [-0.39, 0.29) is 24.8 Å². The van der Waals surface area contributed by atoms with Crippen LogP contribution in [0.5, 0.6) is 0 Å². The van der Waals surface area contributed by atoms with Crippen molar-refractivity contribution in [3.05, 3.63) is 35.4 Å². The molecule has 382 valence electrons. The van der Waals surface area contributed by atoms with Crippen molar-refractivity contribution in [3.63, 3.8) is 0 Å². The molecule has 0 aromatic heterocycles. The van der Waals surface area contributed by atoms with Gasteiger partial charge in [-0.05, 0) is 32.1 Å². The van der Waals surface area contributed by atoms with Gasteiger partial charge in [0.15, 0.2) is 0 Å². The summed E-state index contributed by atoms with van der Waals surface area (Å²) in [5.74, 6) is 0. The molecule has 1 aromatic rings. The summed E-state index contributed by atoms with van der Waals surface area (Å²) in [5, 5.41) is 0. The number of hydrogen-bond acceptors (Lipinski definition) is 0. The lowest BCUT2D eigenvalue weighted by Crippen LogP contribution is -3.00. The highest BCUT2D eigenvalue weighted by Gasteiger charge is 2.29. The van der Waals surface area contributed by atoms with Crippen LogP contribution in [0.15, 0.2) is 24.3 Å².